The van der Waals surface area contributed by atoms with Gasteiger partial charge in [-0.3, -0.25) is 0 Å². The predicted molar refractivity (Wildman–Crippen MR) is 89.1 cm³/mol. The Kier molecular flexibility index (Phi) is 3.95. The third-order valence-electron chi connectivity index (χ3n) is 4.57. The Morgan fingerprint density at radius 3 is 2.04 bits per heavy atom. The second kappa shape index (κ2) is 5.96. The molecule has 4 rings (SSSR count). The second-order valence-corrected chi connectivity index (χ2v) is 9.22. The van der Waals surface area contributed by atoms with E-state index in [0.29, 0.717) is 29.8 Å². The lowest BCUT2D eigenvalue weighted by Crippen LogP contribution is -2.37. The van der Waals surface area contributed by atoms with Gasteiger partial charge in [-0.1, -0.05) is 18.2 Å². The monoisotopic (exact) mass is 349 g/mol. The van der Waals surface area contributed by atoms with E-state index in [1.165, 1.54) is 17.8 Å². The number of aromatic nitrogens is 2. The minimum absolute atomic E-state index is 0.349. The van der Waals surface area contributed by atoms with Crippen molar-refractivity contribution >= 4 is 21.4 Å². The molecule has 2 aromatic rings. The summed E-state index contributed by atoms with van der Waals surface area (Å²) in [6.45, 7) is 1.11. The molecule has 0 atom stereocenters. The average molecular weight is 349 g/mol. The minimum atomic E-state index is -3.37. The lowest BCUT2D eigenvalue weighted by Gasteiger charge is -2.30. The fourth-order valence-corrected chi connectivity index (χ4v) is 5.66. The van der Waals surface area contributed by atoms with Gasteiger partial charge in [-0.15, -0.1) is 21.5 Å². The van der Waals surface area contributed by atoms with Crippen LogP contribution in [-0.4, -0.2) is 36.0 Å². The zero-order valence-electron chi connectivity index (χ0n) is 12.8. The van der Waals surface area contributed by atoms with Crippen LogP contribution in [0.3, 0.4) is 0 Å². The maximum absolute atomic E-state index is 12.6. The summed E-state index contributed by atoms with van der Waals surface area (Å²) in [6.07, 6.45) is 4.13. The van der Waals surface area contributed by atoms with Crippen molar-refractivity contribution in [3.63, 3.8) is 0 Å². The number of piperidine rings is 1. The summed E-state index contributed by atoms with van der Waals surface area (Å²) in [5.74, 6) is 0.988. The van der Waals surface area contributed by atoms with Crippen LogP contribution in [0, 0.1) is 0 Å². The van der Waals surface area contributed by atoms with Crippen LogP contribution >= 0.6 is 11.3 Å². The van der Waals surface area contributed by atoms with E-state index in [4.69, 9.17) is 0 Å². The van der Waals surface area contributed by atoms with Gasteiger partial charge in [0, 0.05) is 24.9 Å². The van der Waals surface area contributed by atoms with E-state index in [2.05, 4.69) is 10.2 Å². The average Bonchev–Trinajstić information content (AvgIpc) is 3.33. The van der Waals surface area contributed by atoms with E-state index in [1.807, 2.05) is 6.07 Å². The van der Waals surface area contributed by atoms with Crippen LogP contribution < -0.4 is 0 Å². The third-order valence-corrected chi connectivity index (χ3v) is 7.73. The number of rotatable bonds is 4. The molecule has 2 fully saturated rings. The molecule has 0 unspecified atom stereocenters. The molecule has 2 aliphatic rings. The van der Waals surface area contributed by atoms with Crippen molar-refractivity contribution < 1.29 is 8.42 Å². The zero-order chi connectivity index (χ0) is 15.9. The van der Waals surface area contributed by atoms with E-state index < -0.39 is 10.0 Å². The van der Waals surface area contributed by atoms with Crippen LogP contribution in [0.4, 0.5) is 0 Å². The molecule has 0 N–H and O–H groups in total. The third kappa shape index (κ3) is 3.05. The van der Waals surface area contributed by atoms with Gasteiger partial charge in [0.2, 0.25) is 10.0 Å². The molecule has 1 aliphatic carbocycles. The summed E-state index contributed by atoms with van der Waals surface area (Å²) in [6, 6.07) is 8.68. The largest absolute Gasteiger partial charge is 0.243 e. The molecule has 0 amide bonds. The molecule has 1 aromatic carbocycles. The summed E-state index contributed by atoms with van der Waals surface area (Å²) in [7, 11) is -3.37. The SMILES string of the molecule is O=S(=O)(c1ccccc1)N1CCC(c2nnc(C3CC3)s2)CC1. The summed E-state index contributed by atoms with van der Waals surface area (Å²) >= 11 is 1.72. The van der Waals surface area contributed by atoms with E-state index in [-0.39, 0.29) is 0 Å². The maximum Gasteiger partial charge on any atom is 0.243 e. The van der Waals surface area contributed by atoms with Crippen LogP contribution in [-0.2, 0) is 10.0 Å². The summed E-state index contributed by atoms with van der Waals surface area (Å²) < 4.78 is 26.9. The molecule has 1 aliphatic heterocycles. The first-order chi connectivity index (χ1) is 11.1. The first-order valence-electron chi connectivity index (χ1n) is 8.03. The lowest BCUT2D eigenvalue weighted by molar-refractivity contribution is 0.318. The van der Waals surface area contributed by atoms with Gasteiger partial charge < -0.3 is 0 Å². The molecule has 1 aromatic heterocycles. The molecule has 0 bridgehead atoms. The highest BCUT2D eigenvalue weighted by Gasteiger charge is 2.33. The van der Waals surface area contributed by atoms with Crippen molar-refractivity contribution in [2.75, 3.05) is 13.1 Å². The van der Waals surface area contributed by atoms with E-state index in [9.17, 15) is 8.42 Å². The Bertz CT molecular complexity index is 777. The quantitative estimate of drug-likeness (QED) is 0.851. The molecule has 5 nitrogen and oxygen atoms in total. The smallest absolute Gasteiger partial charge is 0.207 e. The van der Waals surface area contributed by atoms with Crippen LogP contribution in [0.15, 0.2) is 35.2 Å². The summed E-state index contributed by atoms with van der Waals surface area (Å²) in [5.41, 5.74) is 0. The molecule has 2 heterocycles. The highest BCUT2D eigenvalue weighted by Crippen LogP contribution is 2.43. The number of nitrogens with zero attached hydrogens (tertiary/aromatic N) is 3. The fraction of sp³-hybridized carbons (Fsp3) is 0.500. The first kappa shape index (κ1) is 15.2. The standard InChI is InChI=1S/C16H19N3O2S2/c20-23(21,14-4-2-1-3-5-14)19-10-8-13(9-11-19)16-18-17-15(22-16)12-6-7-12/h1-5,12-13H,6-11H2. The number of benzene rings is 1. The summed E-state index contributed by atoms with van der Waals surface area (Å²) in [4.78, 5) is 0.380. The van der Waals surface area contributed by atoms with Crippen molar-refractivity contribution in [3.8, 4) is 0 Å². The van der Waals surface area contributed by atoms with Gasteiger partial charge in [0.15, 0.2) is 0 Å². The molecule has 1 saturated heterocycles. The fourth-order valence-electron chi connectivity index (χ4n) is 2.99. The molecule has 7 heteroatoms. The molecule has 23 heavy (non-hydrogen) atoms. The topological polar surface area (TPSA) is 63.2 Å². The van der Waals surface area contributed by atoms with Crippen LogP contribution in [0.5, 0.6) is 0 Å². The van der Waals surface area contributed by atoms with Crippen molar-refractivity contribution in [1.82, 2.24) is 14.5 Å². The van der Waals surface area contributed by atoms with Gasteiger partial charge in [0.25, 0.3) is 0 Å². The maximum atomic E-state index is 12.6. The van der Waals surface area contributed by atoms with Crippen LogP contribution in [0.25, 0.3) is 0 Å². The summed E-state index contributed by atoms with van der Waals surface area (Å²) in [5, 5.41) is 10.9. The van der Waals surface area contributed by atoms with E-state index in [1.54, 1.807) is 39.9 Å². The Hall–Kier alpha value is -1.31. The van der Waals surface area contributed by atoms with Gasteiger partial charge in [-0.2, -0.15) is 4.31 Å². The van der Waals surface area contributed by atoms with Crippen molar-refractivity contribution in [1.29, 1.82) is 0 Å². The Morgan fingerprint density at radius 2 is 1.48 bits per heavy atom. The van der Waals surface area contributed by atoms with Crippen LogP contribution in [0.2, 0.25) is 0 Å². The van der Waals surface area contributed by atoms with Gasteiger partial charge in [0.1, 0.15) is 10.0 Å². The van der Waals surface area contributed by atoms with E-state index >= 15 is 0 Å². The first-order valence-corrected chi connectivity index (χ1v) is 10.3. The number of hydrogen-bond acceptors (Lipinski definition) is 5. The zero-order valence-corrected chi connectivity index (χ0v) is 14.4. The number of sulfonamides is 1. The van der Waals surface area contributed by atoms with Gasteiger partial charge >= 0.3 is 0 Å². The lowest BCUT2D eigenvalue weighted by atomic mass is 9.99. The molecule has 122 valence electrons. The molecular weight excluding hydrogens is 330 g/mol. The second-order valence-electron chi connectivity index (χ2n) is 6.24. The van der Waals surface area contributed by atoms with Crippen LogP contribution in [0.1, 0.15) is 47.5 Å². The molecule has 0 spiro atoms. The van der Waals surface area contributed by atoms with Gasteiger partial charge in [-0.25, -0.2) is 8.42 Å². The number of hydrogen-bond donors (Lipinski definition) is 0. The van der Waals surface area contributed by atoms with E-state index in [0.717, 1.165) is 17.8 Å². The normalized spacial score (nSPS) is 20.7. The van der Waals surface area contributed by atoms with Crippen molar-refractivity contribution in [3.05, 3.63) is 40.3 Å². The van der Waals surface area contributed by atoms with Gasteiger partial charge in [-0.05, 0) is 37.8 Å². The highest BCUT2D eigenvalue weighted by molar-refractivity contribution is 7.89. The molecular formula is C16H19N3O2S2. The predicted octanol–water partition coefficient (Wildman–Crippen LogP) is 2.98. The molecule has 0 radical (unpaired) electrons. The Morgan fingerprint density at radius 1 is 0.913 bits per heavy atom. The van der Waals surface area contributed by atoms with Gasteiger partial charge in [0.05, 0.1) is 4.90 Å². The minimum Gasteiger partial charge on any atom is -0.207 e. The Labute approximate surface area is 140 Å². The van der Waals surface area contributed by atoms with Crippen molar-refractivity contribution in [2.24, 2.45) is 0 Å². The molecule has 1 saturated carbocycles. The highest BCUT2D eigenvalue weighted by atomic mass is 32.2. The van der Waals surface area contributed by atoms with Crippen molar-refractivity contribution in [2.45, 2.75) is 42.4 Å². The Balaban J connectivity index is 1.44.